The first-order chi connectivity index (χ1) is 6.70. The summed E-state index contributed by atoms with van der Waals surface area (Å²) < 4.78 is 21.8. The summed E-state index contributed by atoms with van der Waals surface area (Å²) >= 11 is 0. The molecule has 0 atom stereocenters. The standard InChI is InChI=1S/C10H9NO2S/c11-9-5-1-4-8-7(9)3-2-6-10(8)14(12)13/h1-5H,6,11H2. The lowest BCUT2D eigenvalue weighted by Gasteiger charge is -2.12. The maximum Gasteiger partial charge on any atom is 0.218 e. The smallest absolute Gasteiger partial charge is 0.218 e. The van der Waals surface area contributed by atoms with Gasteiger partial charge in [0.25, 0.3) is 0 Å². The molecule has 0 bridgehead atoms. The van der Waals surface area contributed by atoms with E-state index in [1.807, 2.05) is 12.2 Å². The lowest BCUT2D eigenvalue weighted by molar-refractivity contribution is 0.627. The van der Waals surface area contributed by atoms with Crippen LogP contribution in [0.15, 0.2) is 24.3 Å². The molecule has 2 N–H and O–H groups in total. The highest BCUT2D eigenvalue weighted by Crippen LogP contribution is 2.24. The van der Waals surface area contributed by atoms with Crippen molar-refractivity contribution < 1.29 is 8.42 Å². The molecule has 1 aromatic carbocycles. The number of nitrogens with two attached hydrogens (primary N) is 1. The molecule has 0 aromatic heterocycles. The number of fused-ring (bicyclic) bond motifs is 1. The molecular weight excluding hydrogens is 198 g/mol. The van der Waals surface area contributed by atoms with Crippen molar-refractivity contribution in [3.63, 3.8) is 0 Å². The molecule has 14 heavy (non-hydrogen) atoms. The molecule has 0 fully saturated rings. The zero-order valence-electron chi connectivity index (χ0n) is 7.40. The SMILES string of the molecule is Nc1cccc2c1C=CCC2=S(=O)=O. The number of rotatable bonds is 0. The first-order valence-electron chi connectivity index (χ1n) is 4.20. The van der Waals surface area contributed by atoms with Crippen LogP contribution in [0.4, 0.5) is 5.69 Å². The van der Waals surface area contributed by atoms with Gasteiger partial charge in [-0.15, -0.1) is 0 Å². The van der Waals surface area contributed by atoms with Crippen molar-refractivity contribution in [2.24, 2.45) is 0 Å². The maximum absolute atomic E-state index is 10.9. The van der Waals surface area contributed by atoms with Gasteiger partial charge in [0.15, 0.2) is 0 Å². The van der Waals surface area contributed by atoms with E-state index in [4.69, 9.17) is 5.73 Å². The third-order valence-electron chi connectivity index (χ3n) is 2.23. The van der Waals surface area contributed by atoms with Crippen molar-refractivity contribution in [1.82, 2.24) is 0 Å². The summed E-state index contributed by atoms with van der Waals surface area (Å²) in [5.74, 6) is 0. The Morgan fingerprint density at radius 2 is 2.07 bits per heavy atom. The minimum Gasteiger partial charge on any atom is -0.398 e. The maximum atomic E-state index is 10.9. The van der Waals surface area contributed by atoms with Crippen molar-refractivity contribution in [3.05, 3.63) is 35.4 Å². The molecule has 0 amide bonds. The van der Waals surface area contributed by atoms with Gasteiger partial charge in [0, 0.05) is 23.2 Å². The van der Waals surface area contributed by atoms with Crippen LogP contribution in [0.3, 0.4) is 0 Å². The quantitative estimate of drug-likeness (QED) is 0.511. The van der Waals surface area contributed by atoms with Crippen LogP contribution in [0.1, 0.15) is 17.5 Å². The Labute approximate surface area is 83.4 Å². The monoisotopic (exact) mass is 207 g/mol. The van der Waals surface area contributed by atoms with Crippen molar-refractivity contribution in [3.8, 4) is 0 Å². The Balaban J connectivity index is 2.82. The van der Waals surface area contributed by atoms with Crippen molar-refractivity contribution in [2.45, 2.75) is 6.42 Å². The van der Waals surface area contributed by atoms with E-state index in [0.717, 1.165) is 11.1 Å². The number of nitrogen functional groups attached to an aromatic ring is 1. The van der Waals surface area contributed by atoms with Crippen LogP contribution in [-0.4, -0.2) is 13.3 Å². The van der Waals surface area contributed by atoms with Gasteiger partial charge in [-0.1, -0.05) is 24.3 Å². The lowest BCUT2D eigenvalue weighted by Crippen LogP contribution is -2.08. The van der Waals surface area contributed by atoms with E-state index in [9.17, 15) is 8.42 Å². The lowest BCUT2D eigenvalue weighted by atomic mass is 9.96. The van der Waals surface area contributed by atoms with E-state index in [2.05, 4.69) is 0 Å². The van der Waals surface area contributed by atoms with Crippen LogP contribution >= 0.6 is 0 Å². The second-order valence-corrected chi connectivity index (χ2v) is 4.04. The molecule has 0 saturated heterocycles. The van der Waals surface area contributed by atoms with Gasteiger partial charge in [0.05, 0.1) is 4.86 Å². The van der Waals surface area contributed by atoms with E-state index in [1.165, 1.54) is 0 Å². The first-order valence-corrected chi connectivity index (χ1v) is 5.28. The largest absolute Gasteiger partial charge is 0.398 e. The second kappa shape index (κ2) is 3.31. The third kappa shape index (κ3) is 1.33. The van der Waals surface area contributed by atoms with Gasteiger partial charge in [0.2, 0.25) is 10.3 Å². The fourth-order valence-corrected chi connectivity index (χ4v) is 2.15. The molecule has 0 aliphatic heterocycles. The van der Waals surface area contributed by atoms with Crippen molar-refractivity contribution in [2.75, 3.05) is 5.73 Å². The number of benzene rings is 1. The van der Waals surface area contributed by atoms with Gasteiger partial charge in [-0.05, 0) is 6.07 Å². The Morgan fingerprint density at radius 1 is 1.29 bits per heavy atom. The number of allylic oxidation sites excluding steroid dienone is 1. The van der Waals surface area contributed by atoms with E-state index in [1.54, 1.807) is 18.2 Å². The average molecular weight is 207 g/mol. The summed E-state index contributed by atoms with van der Waals surface area (Å²) in [5.41, 5.74) is 7.88. The molecule has 0 heterocycles. The predicted molar refractivity (Wildman–Crippen MR) is 57.5 cm³/mol. The second-order valence-electron chi connectivity index (χ2n) is 3.07. The van der Waals surface area contributed by atoms with Gasteiger partial charge in [0.1, 0.15) is 0 Å². The molecule has 0 spiro atoms. The van der Waals surface area contributed by atoms with Gasteiger partial charge < -0.3 is 5.73 Å². The van der Waals surface area contributed by atoms with Crippen molar-refractivity contribution >= 4 is 26.9 Å². The Morgan fingerprint density at radius 3 is 2.79 bits per heavy atom. The Bertz CT molecular complexity index is 533. The van der Waals surface area contributed by atoms with Crippen LogP contribution in [0.2, 0.25) is 0 Å². The minimum atomic E-state index is -2.16. The van der Waals surface area contributed by atoms with Crippen LogP contribution in [0.5, 0.6) is 0 Å². The van der Waals surface area contributed by atoms with E-state index in [0.29, 0.717) is 17.0 Å². The highest BCUT2D eigenvalue weighted by atomic mass is 32.2. The molecule has 1 aliphatic carbocycles. The Kier molecular flexibility index (Phi) is 2.13. The van der Waals surface area contributed by atoms with Gasteiger partial charge >= 0.3 is 0 Å². The summed E-state index contributed by atoms with van der Waals surface area (Å²) in [6, 6.07) is 5.31. The van der Waals surface area contributed by atoms with Gasteiger partial charge in [-0.2, -0.15) is 8.42 Å². The minimum absolute atomic E-state index is 0.412. The summed E-state index contributed by atoms with van der Waals surface area (Å²) in [4.78, 5) is 0.412. The zero-order valence-corrected chi connectivity index (χ0v) is 8.21. The third-order valence-corrected chi connectivity index (χ3v) is 3.02. The van der Waals surface area contributed by atoms with Gasteiger partial charge in [-0.25, -0.2) is 0 Å². The van der Waals surface area contributed by atoms with Crippen LogP contribution in [0, 0.1) is 0 Å². The van der Waals surface area contributed by atoms with E-state index < -0.39 is 10.3 Å². The summed E-state index contributed by atoms with van der Waals surface area (Å²) in [7, 11) is -2.16. The molecule has 4 heteroatoms. The fraction of sp³-hybridized carbons (Fsp3) is 0.100. The molecule has 0 unspecified atom stereocenters. The number of hydrogen-bond donors (Lipinski definition) is 1. The molecule has 0 radical (unpaired) electrons. The topological polar surface area (TPSA) is 60.2 Å². The number of anilines is 1. The molecule has 1 aromatic rings. The summed E-state index contributed by atoms with van der Waals surface area (Å²) in [5, 5.41) is 0. The zero-order chi connectivity index (χ0) is 10.1. The van der Waals surface area contributed by atoms with Crippen LogP contribution in [-0.2, 0) is 10.3 Å². The highest BCUT2D eigenvalue weighted by molar-refractivity contribution is 7.73. The first kappa shape index (κ1) is 9.02. The molecule has 1 aliphatic rings. The van der Waals surface area contributed by atoms with Crippen LogP contribution < -0.4 is 5.73 Å². The molecule has 3 nitrogen and oxygen atoms in total. The normalized spacial score (nSPS) is 13.9. The van der Waals surface area contributed by atoms with Crippen molar-refractivity contribution in [1.29, 1.82) is 0 Å². The van der Waals surface area contributed by atoms with E-state index in [-0.39, 0.29) is 0 Å². The van der Waals surface area contributed by atoms with E-state index >= 15 is 0 Å². The fourth-order valence-electron chi connectivity index (χ4n) is 1.56. The molecule has 0 saturated carbocycles. The Hall–Kier alpha value is -1.55. The highest BCUT2D eigenvalue weighted by Gasteiger charge is 2.13. The molecule has 72 valence electrons. The average Bonchev–Trinajstić information content (AvgIpc) is 2.17. The van der Waals surface area contributed by atoms with Crippen LogP contribution in [0.25, 0.3) is 6.08 Å². The van der Waals surface area contributed by atoms with Gasteiger partial charge in [-0.3, -0.25) is 0 Å². The number of hydrogen-bond acceptors (Lipinski definition) is 3. The molecule has 2 rings (SSSR count). The molecular formula is C10H9NO2S. The summed E-state index contributed by atoms with van der Waals surface area (Å²) in [6.07, 6.45) is 4.12. The predicted octanol–water partition coefficient (Wildman–Crippen LogP) is 1.09. The summed E-state index contributed by atoms with van der Waals surface area (Å²) in [6.45, 7) is 0.